The average molecular weight is 350 g/mol. The lowest BCUT2D eigenvalue weighted by atomic mass is 10.2. The molecule has 24 heavy (non-hydrogen) atoms. The van der Waals surface area contributed by atoms with Crippen molar-refractivity contribution in [2.45, 2.75) is 6.42 Å². The molecule has 3 rings (SSSR count). The summed E-state index contributed by atoms with van der Waals surface area (Å²) in [5, 5.41) is 10.6. The molecule has 130 valence electrons. The number of amides is 1. The molecule has 1 aromatic heterocycles. The lowest BCUT2D eigenvalue weighted by Gasteiger charge is -2.27. The van der Waals surface area contributed by atoms with Gasteiger partial charge in [-0.25, -0.2) is 4.68 Å². The van der Waals surface area contributed by atoms with Crippen LogP contribution in [0, 0.1) is 0 Å². The van der Waals surface area contributed by atoms with Gasteiger partial charge in [-0.15, -0.1) is 12.4 Å². The highest BCUT2D eigenvalue weighted by atomic mass is 35.5. The number of rotatable bonds is 6. The molecule has 0 aliphatic carbocycles. The lowest BCUT2D eigenvalue weighted by Crippen LogP contribution is -2.46. The van der Waals surface area contributed by atoms with Gasteiger partial charge in [0.15, 0.2) is 0 Å². The van der Waals surface area contributed by atoms with E-state index in [1.54, 1.807) is 10.9 Å². The molecule has 1 fully saturated rings. The van der Waals surface area contributed by atoms with Gasteiger partial charge in [0.2, 0.25) is 5.91 Å². The van der Waals surface area contributed by atoms with Crippen LogP contribution in [0.15, 0.2) is 42.7 Å². The van der Waals surface area contributed by atoms with Crippen molar-refractivity contribution in [2.24, 2.45) is 0 Å². The van der Waals surface area contributed by atoms with Crippen LogP contribution in [0.1, 0.15) is 5.56 Å². The van der Waals surface area contributed by atoms with Crippen LogP contribution in [0.4, 0.5) is 0 Å². The Bertz CT molecular complexity index is 625. The first-order valence-electron chi connectivity index (χ1n) is 8.10. The third kappa shape index (κ3) is 5.33. The number of halogens is 1. The summed E-state index contributed by atoms with van der Waals surface area (Å²) < 4.78 is 1.79. The lowest BCUT2D eigenvalue weighted by molar-refractivity contribution is -0.120. The standard InChI is InChI=1S/C17H23N5O.ClH/c23-17(19-8-11-21-9-6-18-7-10-21)12-15-13-20-22(14-15)16-4-2-1-3-5-16;/h1-5,13-14,18H,6-12H2,(H,19,23);1H. The van der Waals surface area contributed by atoms with Gasteiger partial charge in [-0.2, -0.15) is 5.10 Å². The molecule has 1 amide bonds. The number of carbonyl (C=O) groups is 1. The van der Waals surface area contributed by atoms with Crippen LogP contribution in [-0.4, -0.2) is 59.9 Å². The predicted molar refractivity (Wildman–Crippen MR) is 96.8 cm³/mol. The molecular weight excluding hydrogens is 326 g/mol. The minimum atomic E-state index is 0. The van der Waals surface area contributed by atoms with E-state index < -0.39 is 0 Å². The van der Waals surface area contributed by atoms with Gasteiger partial charge in [-0.1, -0.05) is 18.2 Å². The van der Waals surface area contributed by atoms with Gasteiger partial charge in [-0.05, 0) is 17.7 Å². The number of para-hydroxylation sites is 1. The van der Waals surface area contributed by atoms with Crippen molar-refractivity contribution in [2.75, 3.05) is 39.3 Å². The first-order valence-corrected chi connectivity index (χ1v) is 8.10. The zero-order chi connectivity index (χ0) is 15.9. The topological polar surface area (TPSA) is 62.2 Å². The SMILES string of the molecule is Cl.O=C(Cc1cnn(-c2ccccc2)c1)NCCN1CCNCC1. The highest BCUT2D eigenvalue weighted by Crippen LogP contribution is 2.08. The van der Waals surface area contributed by atoms with Crippen LogP contribution in [0.5, 0.6) is 0 Å². The quantitative estimate of drug-likeness (QED) is 0.812. The van der Waals surface area contributed by atoms with Crippen LogP contribution in [-0.2, 0) is 11.2 Å². The summed E-state index contributed by atoms with van der Waals surface area (Å²) in [6.07, 6.45) is 4.03. The largest absolute Gasteiger partial charge is 0.355 e. The van der Waals surface area contributed by atoms with Gasteiger partial charge < -0.3 is 10.6 Å². The minimum absolute atomic E-state index is 0. The number of hydrogen-bond donors (Lipinski definition) is 2. The molecule has 0 saturated carbocycles. The van der Waals surface area contributed by atoms with Crippen LogP contribution >= 0.6 is 12.4 Å². The molecule has 2 aromatic rings. The average Bonchev–Trinajstić information content (AvgIpc) is 3.05. The molecule has 0 radical (unpaired) electrons. The van der Waals surface area contributed by atoms with E-state index >= 15 is 0 Å². The highest BCUT2D eigenvalue weighted by molar-refractivity contribution is 5.85. The molecule has 1 aromatic carbocycles. The van der Waals surface area contributed by atoms with E-state index in [4.69, 9.17) is 0 Å². The van der Waals surface area contributed by atoms with Gasteiger partial charge in [0.1, 0.15) is 0 Å². The van der Waals surface area contributed by atoms with Crippen molar-refractivity contribution in [3.05, 3.63) is 48.3 Å². The van der Waals surface area contributed by atoms with Crippen LogP contribution in [0.25, 0.3) is 5.69 Å². The summed E-state index contributed by atoms with van der Waals surface area (Å²) in [6, 6.07) is 9.90. The van der Waals surface area contributed by atoms with Crippen LogP contribution < -0.4 is 10.6 Å². The summed E-state index contributed by atoms with van der Waals surface area (Å²) in [5.74, 6) is 0.0488. The molecule has 0 spiro atoms. The Balaban J connectivity index is 0.00000208. The predicted octanol–water partition coefficient (Wildman–Crippen LogP) is 0.858. The van der Waals surface area contributed by atoms with E-state index in [2.05, 4.69) is 20.6 Å². The first-order chi connectivity index (χ1) is 11.3. The molecule has 1 aliphatic rings. The van der Waals surface area contributed by atoms with Gasteiger partial charge in [-0.3, -0.25) is 9.69 Å². The van der Waals surface area contributed by atoms with Gasteiger partial charge in [0.25, 0.3) is 0 Å². The van der Waals surface area contributed by atoms with Crippen molar-refractivity contribution < 1.29 is 4.79 Å². The Labute approximate surface area is 148 Å². The Morgan fingerprint density at radius 3 is 2.71 bits per heavy atom. The highest BCUT2D eigenvalue weighted by Gasteiger charge is 2.10. The maximum absolute atomic E-state index is 12.0. The summed E-state index contributed by atoms with van der Waals surface area (Å²) in [7, 11) is 0. The number of benzene rings is 1. The van der Waals surface area contributed by atoms with E-state index in [-0.39, 0.29) is 18.3 Å². The van der Waals surface area contributed by atoms with Crippen LogP contribution in [0.3, 0.4) is 0 Å². The Hall–Kier alpha value is -1.89. The van der Waals surface area contributed by atoms with E-state index in [0.29, 0.717) is 13.0 Å². The first kappa shape index (κ1) is 18.4. The zero-order valence-electron chi connectivity index (χ0n) is 13.6. The molecule has 7 heteroatoms. The molecule has 0 unspecified atom stereocenters. The third-order valence-corrected chi connectivity index (χ3v) is 3.98. The number of nitrogens with one attached hydrogen (secondary N) is 2. The van der Waals surface area contributed by atoms with Crippen LogP contribution in [0.2, 0.25) is 0 Å². The molecule has 1 saturated heterocycles. The fourth-order valence-electron chi connectivity index (χ4n) is 2.71. The maximum Gasteiger partial charge on any atom is 0.224 e. The normalized spacial score (nSPS) is 14.8. The minimum Gasteiger partial charge on any atom is -0.355 e. The Morgan fingerprint density at radius 2 is 1.96 bits per heavy atom. The zero-order valence-corrected chi connectivity index (χ0v) is 14.5. The van der Waals surface area contributed by atoms with Crippen molar-refractivity contribution in [3.63, 3.8) is 0 Å². The second-order valence-corrected chi connectivity index (χ2v) is 5.75. The molecular formula is C17H24ClN5O. The number of carbonyl (C=O) groups excluding carboxylic acids is 1. The van der Waals surface area contributed by atoms with Gasteiger partial charge in [0.05, 0.1) is 18.3 Å². The number of piperazine rings is 1. The number of nitrogens with zero attached hydrogens (tertiary/aromatic N) is 3. The second kappa shape index (κ2) is 9.42. The van der Waals surface area contributed by atoms with Crippen molar-refractivity contribution in [3.8, 4) is 5.69 Å². The smallest absolute Gasteiger partial charge is 0.224 e. The fraction of sp³-hybridized carbons (Fsp3) is 0.412. The molecule has 2 N–H and O–H groups in total. The third-order valence-electron chi connectivity index (χ3n) is 3.98. The van der Waals surface area contributed by atoms with E-state index in [1.807, 2.05) is 36.5 Å². The Morgan fingerprint density at radius 1 is 1.21 bits per heavy atom. The van der Waals surface area contributed by atoms with E-state index in [1.165, 1.54) is 0 Å². The maximum atomic E-state index is 12.0. The summed E-state index contributed by atoms with van der Waals surface area (Å²) in [5.41, 5.74) is 1.92. The molecule has 0 atom stereocenters. The van der Waals surface area contributed by atoms with Crippen molar-refractivity contribution in [1.82, 2.24) is 25.3 Å². The molecule has 1 aliphatic heterocycles. The summed E-state index contributed by atoms with van der Waals surface area (Å²) in [6.45, 7) is 5.79. The molecule has 2 heterocycles. The Kier molecular flexibility index (Phi) is 7.24. The number of hydrogen-bond acceptors (Lipinski definition) is 4. The monoisotopic (exact) mass is 349 g/mol. The molecule has 0 bridgehead atoms. The molecule has 6 nitrogen and oxygen atoms in total. The summed E-state index contributed by atoms with van der Waals surface area (Å²) >= 11 is 0. The van der Waals surface area contributed by atoms with E-state index in [0.717, 1.165) is 44.0 Å². The van der Waals surface area contributed by atoms with Gasteiger partial charge >= 0.3 is 0 Å². The van der Waals surface area contributed by atoms with Crippen molar-refractivity contribution in [1.29, 1.82) is 0 Å². The second-order valence-electron chi connectivity index (χ2n) is 5.75. The van der Waals surface area contributed by atoms with E-state index in [9.17, 15) is 4.79 Å². The van der Waals surface area contributed by atoms with Crippen molar-refractivity contribution >= 4 is 18.3 Å². The number of aromatic nitrogens is 2. The van der Waals surface area contributed by atoms with Gasteiger partial charge in [0, 0.05) is 45.5 Å². The fourth-order valence-corrected chi connectivity index (χ4v) is 2.71. The summed E-state index contributed by atoms with van der Waals surface area (Å²) in [4.78, 5) is 14.4.